The Morgan fingerprint density at radius 1 is 1.11 bits per heavy atom. The Morgan fingerprint density at radius 3 is 2.50 bits per heavy atom. The Kier molecular flexibility index (Phi) is 4.82. The summed E-state index contributed by atoms with van der Waals surface area (Å²) < 4.78 is 5.52. The number of hydrogen-bond donors (Lipinski definition) is 0. The maximum atomic E-state index is 12.0. The lowest BCUT2D eigenvalue weighted by Crippen LogP contribution is -2.28. The summed E-state index contributed by atoms with van der Waals surface area (Å²) in [6.07, 6.45) is 7.60. The van der Waals surface area contributed by atoms with Crippen LogP contribution < -0.4 is 0 Å². The molecule has 2 rings (SSSR count). The SMILES string of the molecule is O=C(O[C@@H]1CC/C=C\CC[C@H]1Cl)c1ccccc1. The molecule has 0 saturated carbocycles. The molecule has 1 aliphatic rings. The lowest BCUT2D eigenvalue weighted by molar-refractivity contribution is 0.0267. The van der Waals surface area contributed by atoms with Gasteiger partial charge in [0.2, 0.25) is 0 Å². The predicted octanol–water partition coefficient (Wildman–Crippen LogP) is 3.95. The summed E-state index contributed by atoms with van der Waals surface area (Å²) in [5.74, 6) is -0.282. The van der Waals surface area contributed by atoms with E-state index in [2.05, 4.69) is 12.2 Å². The first-order valence-electron chi connectivity index (χ1n) is 6.32. The van der Waals surface area contributed by atoms with Gasteiger partial charge in [-0.3, -0.25) is 0 Å². The van der Waals surface area contributed by atoms with Crippen LogP contribution in [0.25, 0.3) is 0 Å². The standard InChI is InChI=1S/C15H17ClO2/c16-13-10-6-1-2-7-11-14(13)18-15(17)12-8-4-3-5-9-12/h1-5,8-9,13-14H,6-7,10-11H2/b2-1-/t13-,14-/m1/s1. The molecule has 0 amide bonds. The Bertz CT molecular complexity index is 414. The molecule has 1 aromatic rings. The zero-order valence-corrected chi connectivity index (χ0v) is 11.0. The number of allylic oxidation sites excluding steroid dienone is 2. The van der Waals surface area contributed by atoms with Gasteiger partial charge in [-0.15, -0.1) is 11.6 Å². The number of halogens is 1. The smallest absolute Gasteiger partial charge is 0.338 e. The molecular formula is C15H17ClO2. The molecule has 2 atom stereocenters. The molecule has 1 aliphatic carbocycles. The molecule has 0 unspecified atom stereocenters. The predicted molar refractivity (Wildman–Crippen MR) is 72.9 cm³/mol. The molecule has 0 fully saturated rings. The highest BCUT2D eigenvalue weighted by Gasteiger charge is 2.23. The van der Waals surface area contributed by atoms with Crippen LogP contribution in [0.2, 0.25) is 0 Å². The average molecular weight is 265 g/mol. The molecule has 0 N–H and O–H groups in total. The minimum Gasteiger partial charge on any atom is -0.457 e. The highest BCUT2D eigenvalue weighted by Crippen LogP contribution is 2.22. The minimum atomic E-state index is -0.282. The number of esters is 1. The van der Waals surface area contributed by atoms with E-state index in [0.717, 1.165) is 25.7 Å². The summed E-state index contributed by atoms with van der Waals surface area (Å²) in [6.45, 7) is 0. The third-order valence-corrected chi connectivity index (χ3v) is 3.56. The monoisotopic (exact) mass is 264 g/mol. The van der Waals surface area contributed by atoms with Crippen LogP contribution in [0.15, 0.2) is 42.5 Å². The normalized spacial score (nSPS) is 25.8. The van der Waals surface area contributed by atoms with E-state index in [1.165, 1.54) is 0 Å². The highest BCUT2D eigenvalue weighted by molar-refractivity contribution is 6.21. The number of carbonyl (C=O) groups is 1. The lowest BCUT2D eigenvalue weighted by Gasteiger charge is -2.23. The summed E-state index contributed by atoms with van der Waals surface area (Å²) in [7, 11) is 0. The van der Waals surface area contributed by atoms with Gasteiger partial charge >= 0.3 is 5.97 Å². The van der Waals surface area contributed by atoms with Crippen LogP contribution in [-0.2, 0) is 4.74 Å². The topological polar surface area (TPSA) is 26.3 Å². The molecule has 0 spiro atoms. The van der Waals surface area contributed by atoms with Crippen molar-refractivity contribution in [3.8, 4) is 0 Å². The molecule has 0 bridgehead atoms. The molecule has 0 radical (unpaired) electrons. The molecule has 0 heterocycles. The Hall–Kier alpha value is -1.28. The van der Waals surface area contributed by atoms with Gasteiger partial charge in [-0.05, 0) is 37.8 Å². The maximum Gasteiger partial charge on any atom is 0.338 e. The Morgan fingerprint density at radius 2 is 1.78 bits per heavy atom. The molecule has 2 nitrogen and oxygen atoms in total. The van der Waals surface area contributed by atoms with Crippen LogP contribution in [0.4, 0.5) is 0 Å². The molecule has 0 aromatic heterocycles. The lowest BCUT2D eigenvalue weighted by atomic mass is 10.0. The van der Waals surface area contributed by atoms with E-state index in [1.807, 2.05) is 18.2 Å². The van der Waals surface area contributed by atoms with Crippen molar-refractivity contribution < 1.29 is 9.53 Å². The summed E-state index contributed by atoms with van der Waals surface area (Å²) in [5, 5.41) is -0.0948. The van der Waals surface area contributed by atoms with E-state index in [4.69, 9.17) is 16.3 Å². The van der Waals surface area contributed by atoms with Crippen LogP contribution >= 0.6 is 11.6 Å². The van der Waals surface area contributed by atoms with Gasteiger partial charge in [0.25, 0.3) is 0 Å². The van der Waals surface area contributed by atoms with Crippen molar-refractivity contribution in [1.82, 2.24) is 0 Å². The van der Waals surface area contributed by atoms with Crippen molar-refractivity contribution in [3.05, 3.63) is 48.0 Å². The Labute approximate surface area is 113 Å². The zero-order valence-electron chi connectivity index (χ0n) is 10.2. The van der Waals surface area contributed by atoms with Gasteiger partial charge in [-0.2, -0.15) is 0 Å². The van der Waals surface area contributed by atoms with Crippen molar-refractivity contribution in [2.24, 2.45) is 0 Å². The van der Waals surface area contributed by atoms with Crippen LogP contribution in [0.3, 0.4) is 0 Å². The number of hydrogen-bond acceptors (Lipinski definition) is 2. The van der Waals surface area contributed by atoms with Gasteiger partial charge in [-0.25, -0.2) is 4.79 Å². The van der Waals surface area contributed by atoms with E-state index in [1.54, 1.807) is 12.1 Å². The first kappa shape index (κ1) is 13.2. The second kappa shape index (κ2) is 6.60. The number of alkyl halides is 1. The fraction of sp³-hybridized carbons (Fsp3) is 0.400. The molecule has 1 aromatic carbocycles. The third kappa shape index (κ3) is 3.61. The molecular weight excluding hydrogens is 248 g/mol. The number of rotatable bonds is 2. The number of benzene rings is 1. The number of ether oxygens (including phenoxy) is 1. The van der Waals surface area contributed by atoms with Crippen molar-refractivity contribution in [2.75, 3.05) is 0 Å². The molecule has 0 aliphatic heterocycles. The van der Waals surface area contributed by atoms with Gasteiger partial charge in [0.1, 0.15) is 6.10 Å². The summed E-state index contributed by atoms with van der Waals surface area (Å²) >= 11 is 6.28. The van der Waals surface area contributed by atoms with E-state index in [0.29, 0.717) is 5.56 Å². The first-order valence-corrected chi connectivity index (χ1v) is 6.76. The van der Waals surface area contributed by atoms with Gasteiger partial charge in [0.15, 0.2) is 0 Å². The molecule has 3 heteroatoms. The summed E-state index contributed by atoms with van der Waals surface area (Å²) in [6, 6.07) is 9.05. The van der Waals surface area contributed by atoms with Crippen molar-refractivity contribution in [2.45, 2.75) is 37.2 Å². The van der Waals surface area contributed by atoms with Crippen molar-refractivity contribution in [1.29, 1.82) is 0 Å². The summed E-state index contributed by atoms with van der Waals surface area (Å²) in [4.78, 5) is 12.0. The maximum absolute atomic E-state index is 12.0. The molecule has 0 saturated heterocycles. The minimum absolute atomic E-state index is 0.0948. The van der Waals surface area contributed by atoms with Crippen LogP contribution in [0, 0.1) is 0 Å². The van der Waals surface area contributed by atoms with E-state index >= 15 is 0 Å². The van der Waals surface area contributed by atoms with Crippen LogP contribution in [0.5, 0.6) is 0 Å². The number of carbonyl (C=O) groups excluding carboxylic acids is 1. The largest absolute Gasteiger partial charge is 0.457 e. The van der Waals surface area contributed by atoms with Gasteiger partial charge < -0.3 is 4.74 Å². The van der Waals surface area contributed by atoms with Gasteiger partial charge in [0.05, 0.1) is 10.9 Å². The Balaban J connectivity index is 1.99. The van der Waals surface area contributed by atoms with Gasteiger partial charge in [0, 0.05) is 0 Å². The third-order valence-electron chi connectivity index (χ3n) is 3.06. The second-order valence-corrected chi connectivity index (χ2v) is 5.01. The zero-order chi connectivity index (χ0) is 12.8. The summed E-state index contributed by atoms with van der Waals surface area (Å²) in [5.41, 5.74) is 0.582. The van der Waals surface area contributed by atoms with Gasteiger partial charge in [-0.1, -0.05) is 30.4 Å². The molecule has 18 heavy (non-hydrogen) atoms. The van der Waals surface area contributed by atoms with Crippen LogP contribution in [0.1, 0.15) is 36.0 Å². The van der Waals surface area contributed by atoms with E-state index in [9.17, 15) is 4.79 Å². The fourth-order valence-electron chi connectivity index (χ4n) is 2.03. The van der Waals surface area contributed by atoms with E-state index in [-0.39, 0.29) is 17.5 Å². The quantitative estimate of drug-likeness (QED) is 0.459. The van der Waals surface area contributed by atoms with Crippen molar-refractivity contribution in [3.63, 3.8) is 0 Å². The fourth-order valence-corrected chi connectivity index (χ4v) is 2.33. The highest BCUT2D eigenvalue weighted by atomic mass is 35.5. The average Bonchev–Trinajstić information content (AvgIpc) is 2.39. The van der Waals surface area contributed by atoms with Crippen molar-refractivity contribution >= 4 is 17.6 Å². The molecule has 96 valence electrons. The van der Waals surface area contributed by atoms with E-state index < -0.39 is 0 Å². The first-order chi connectivity index (χ1) is 8.77. The van der Waals surface area contributed by atoms with Crippen LogP contribution in [-0.4, -0.2) is 17.5 Å². The second-order valence-electron chi connectivity index (χ2n) is 4.45.